The summed E-state index contributed by atoms with van der Waals surface area (Å²) in [4.78, 5) is 60.0. The fourth-order valence-electron chi connectivity index (χ4n) is 1.37. The zero-order valence-corrected chi connectivity index (χ0v) is 31.6. The van der Waals surface area contributed by atoms with Crippen LogP contribution in [-0.2, 0) is 28.8 Å². The summed E-state index contributed by atoms with van der Waals surface area (Å²) in [5.41, 5.74) is -5.95. The maximum atomic E-state index is 10.1. The molecule has 0 atom stereocenters. The number of hydrogen-bond acceptors (Lipinski definition) is 14. The van der Waals surface area contributed by atoms with Gasteiger partial charge in [-0.25, -0.2) is 0 Å². The van der Waals surface area contributed by atoms with Crippen LogP contribution in [0.2, 0.25) is 0 Å². The van der Waals surface area contributed by atoms with Crippen molar-refractivity contribution in [2.45, 2.75) is 36.9 Å². The molecule has 0 rings (SSSR count). The number of carboxylic acid groups (broad SMARTS) is 6. The minimum atomic E-state index is -2.97. The number of carbonyl (C=O) groups is 6. The van der Waals surface area contributed by atoms with Crippen LogP contribution in [0, 0.1) is 0 Å². The minimum Gasteiger partial charge on any atom is -0.550 e. The molecule has 0 aromatic carbocycles. The quantitative estimate of drug-likeness (QED) is 0.238. The maximum absolute atomic E-state index is 10.1. The Balaban J connectivity index is -0.0000000343. The molecule has 6 N–H and O–H groups in total. The first-order chi connectivity index (χ1) is 11.6. The normalized spacial score (nSPS) is 8.29. The van der Waals surface area contributed by atoms with Crippen LogP contribution >= 0.6 is 0 Å². The molecule has 34 heavy (non-hydrogen) atoms. The van der Waals surface area contributed by atoms with E-state index in [1.54, 1.807) is 0 Å². The van der Waals surface area contributed by atoms with Gasteiger partial charge in [-0.3, -0.25) is 0 Å². The van der Waals surface area contributed by atoms with Gasteiger partial charge < -0.3 is 80.6 Å². The van der Waals surface area contributed by atoms with Gasteiger partial charge in [0.2, 0.25) is 0 Å². The summed E-state index contributed by atoms with van der Waals surface area (Å²) in [5.74, 6) is -12.0. The Labute approximate surface area is 325 Å². The SMILES string of the molecule is O.O.O=C([O-])CC(O)(CC(=O)[O-])C(=O)[O-].O=C([O-])CC(O)(CC(=O)[O-])C(=O)[O-].[Na+].[Na+].[Na+].[Na+].[Na+].[Na+]. The van der Waals surface area contributed by atoms with Gasteiger partial charge >= 0.3 is 177 Å². The first kappa shape index (κ1) is 65.6. The predicted octanol–water partition coefficient (Wildman–Crippen LogP) is -30.1. The molecule has 0 spiro atoms. The van der Waals surface area contributed by atoms with Crippen molar-refractivity contribution < 1.29 is 258 Å². The first-order valence-corrected chi connectivity index (χ1v) is 6.23. The Morgan fingerprint density at radius 2 is 0.559 bits per heavy atom. The molecule has 22 heteroatoms. The second-order valence-electron chi connectivity index (χ2n) is 4.83. The molecule has 16 nitrogen and oxygen atoms in total. The van der Waals surface area contributed by atoms with E-state index in [2.05, 4.69) is 0 Å². The molecule has 0 aliphatic carbocycles. The molecule has 0 radical (unpaired) electrons. The minimum absolute atomic E-state index is 0. The van der Waals surface area contributed by atoms with Crippen molar-refractivity contribution in [1.29, 1.82) is 0 Å². The number of rotatable bonds is 10. The second kappa shape index (κ2) is 31.9. The van der Waals surface area contributed by atoms with Gasteiger partial charge in [-0.1, -0.05) is 0 Å². The zero-order chi connectivity index (χ0) is 21.3. The van der Waals surface area contributed by atoms with Gasteiger partial charge in [0, 0.05) is 49.6 Å². The Bertz CT molecular complexity index is 531. The molecule has 0 bridgehead atoms. The number of aliphatic carboxylic acids is 6. The van der Waals surface area contributed by atoms with Crippen LogP contribution in [0.25, 0.3) is 0 Å². The smallest absolute Gasteiger partial charge is 0.550 e. The third-order valence-electron chi connectivity index (χ3n) is 2.51. The molecule has 0 unspecified atom stereocenters. The van der Waals surface area contributed by atoms with Crippen molar-refractivity contribution in [3.05, 3.63) is 0 Å². The molecule has 0 fully saturated rings. The number of carbonyl (C=O) groups excluding carboxylic acids is 6. The third kappa shape index (κ3) is 32.7. The largest absolute Gasteiger partial charge is 1.00 e. The average molecular weight is 552 g/mol. The first-order valence-electron chi connectivity index (χ1n) is 6.23. The van der Waals surface area contributed by atoms with E-state index in [-0.39, 0.29) is 188 Å². The Morgan fingerprint density at radius 1 is 0.441 bits per heavy atom. The van der Waals surface area contributed by atoms with E-state index in [1.165, 1.54) is 0 Å². The van der Waals surface area contributed by atoms with Gasteiger partial charge in [0.15, 0.2) is 0 Å². The van der Waals surface area contributed by atoms with E-state index < -0.39 is 72.7 Å². The summed E-state index contributed by atoms with van der Waals surface area (Å²) >= 11 is 0. The van der Waals surface area contributed by atoms with Crippen molar-refractivity contribution in [3.63, 3.8) is 0 Å². The van der Waals surface area contributed by atoms with Crippen LogP contribution in [0.3, 0.4) is 0 Å². The van der Waals surface area contributed by atoms with Crippen LogP contribution in [0.4, 0.5) is 0 Å². The standard InChI is InChI=1S/2C6H8O7.6Na.2H2O/c2*7-3(8)1-6(13,5(11)12)2-4(9)10;;;;;;;;/h2*13H,1-2H2,(H,7,8)(H,9,10)(H,11,12);;;;;;;2*1H2/q;;6*+1;;/p-6. The molecule has 0 aromatic heterocycles. The Kier molecular flexibility index (Phi) is 61.5. The fourth-order valence-corrected chi connectivity index (χ4v) is 1.37. The number of carboxylic acids is 6. The molecular formula is C12H14Na6O16. The second-order valence-corrected chi connectivity index (χ2v) is 4.83. The van der Waals surface area contributed by atoms with E-state index in [9.17, 15) is 59.4 Å². The molecule has 0 saturated heterocycles. The maximum Gasteiger partial charge on any atom is 1.00 e. The van der Waals surface area contributed by atoms with Crippen molar-refractivity contribution in [1.82, 2.24) is 0 Å². The van der Waals surface area contributed by atoms with E-state index in [1.807, 2.05) is 0 Å². The molecule has 0 aromatic rings. The summed E-state index contributed by atoms with van der Waals surface area (Å²) < 4.78 is 0. The van der Waals surface area contributed by atoms with Gasteiger partial charge in [-0.2, -0.15) is 0 Å². The van der Waals surface area contributed by atoms with Gasteiger partial charge in [0.25, 0.3) is 0 Å². The van der Waals surface area contributed by atoms with Gasteiger partial charge in [-0.15, -0.1) is 0 Å². The molecule has 0 aliphatic rings. The Morgan fingerprint density at radius 3 is 0.618 bits per heavy atom. The monoisotopic (exact) mass is 552 g/mol. The zero-order valence-electron chi connectivity index (χ0n) is 19.6. The third-order valence-corrected chi connectivity index (χ3v) is 2.51. The van der Waals surface area contributed by atoms with Crippen molar-refractivity contribution in [2.24, 2.45) is 0 Å². The topological polar surface area (TPSA) is 344 Å². The van der Waals surface area contributed by atoms with E-state index >= 15 is 0 Å². The van der Waals surface area contributed by atoms with Crippen molar-refractivity contribution in [2.75, 3.05) is 0 Å². The van der Waals surface area contributed by atoms with Gasteiger partial charge in [-0.05, 0) is 0 Å². The summed E-state index contributed by atoms with van der Waals surface area (Å²) in [6.45, 7) is 0. The van der Waals surface area contributed by atoms with E-state index in [0.29, 0.717) is 0 Å². The van der Waals surface area contributed by atoms with Crippen LogP contribution in [0.1, 0.15) is 25.7 Å². The Hall–Kier alpha value is 2.66. The molecular weight excluding hydrogens is 538 g/mol. The molecule has 0 saturated carbocycles. The van der Waals surface area contributed by atoms with Crippen LogP contribution < -0.4 is 208 Å². The van der Waals surface area contributed by atoms with Crippen molar-refractivity contribution in [3.8, 4) is 0 Å². The van der Waals surface area contributed by atoms with E-state index in [4.69, 9.17) is 10.2 Å². The summed E-state index contributed by atoms with van der Waals surface area (Å²) in [6.07, 6.45) is -5.43. The van der Waals surface area contributed by atoms with Gasteiger partial charge in [0.1, 0.15) is 11.2 Å². The summed E-state index contributed by atoms with van der Waals surface area (Å²) in [7, 11) is 0. The molecule has 0 aliphatic heterocycles. The molecule has 0 amide bonds. The van der Waals surface area contributed by atoms with Crippen molar-refractivity contribution >= 4 is 35.8 Å². The van der Waals surface area contributed by atoms with E-state index in [0.717, 1.165) is 0 Å². The van der Waals surface area contributed by atoms with Crippen LogP contribution in [0.5, 0.6) is 0 Å². The molecule has 0 heterocycles. The van der Waals surface area contributed by atoms with Crippen LogP contribution in [-0.4, -0.2) is 68.2 Å². The molecule has 164 valence electrons. The fraction of sp³-hybridized carbons (Fsp3) is 0.500. The van der Waals surface area contributed by atoms with Crippen LogP contribution in [0.15, 0.2) is 0 Å². The van der Waals surface area contributed by atoms with Gasteiger partial charge in [0.05, 0.1) is 11.9 Å². The summed E-state index contributed by atoms with van der Waals surface area (Å²) in [6, 6.07) is 0. The summed E-state index contributed by atoms with van der Waals surface area (Å²) in [5, 5.41) is 77.9. The number of hydrogen-bond donors (Lipinski definition) is 2. The average Bonchev–Trinajstić information content (AvgIpc) is 2.34. The number of aliphatic hydroxyl groups is 2. The predicted molar refractivity (Wildman–Crippen MR) is 65.6 cm³/mol.